The lowest BCUT2D eigenvalue weighted by atomic mass is 9.78. The van der Waals surface area contributed by atoms with Gasteiger partial charge in [-0.05, 0) is 65.0 Å². The van der Waals surface area contributed by atoms with Crippen LogP contribution in [0.1, 0.15) is 34.6 Å². The predicted molar refractivity (Wildman–Crippen MR) is 148 cm³/mol. The monoisotopic (exact) mass is 566 g/mol. The van der Waals surface area contributed by atoms with E-state index >= 15 is 0 Å². The van der Waals surface area contributed by atoms with E-state index in [4.69, 9.17) is 34.8 Å². The summed E-state index contributed by atoms with van der Waals surface area (Å²) in [5, 5.41) is 5.03. The minimum Gasteiger partial charge on any atom is -0.321 e. The van der Waals surface area contributed by atoms with Crippen LogP contribution in [0.2, 0.25) is 15.1 Å². The summed E-state index contributed by atoms with van der Waals surface area (Å²) in [5.74, 6) is -0.308. The van der Waals surface area contributed by atoms with Gasteiger partial charge in [0, 0.05) is 25.8 Å². The van der Waals surface area contributed by atoms with E-state index in [1.807, 2.05) is 36.4 Å². The zero-order chi connectivity index (χ0) is 25.5. The highest BCUT2D eigenvalue weighted by Crippen LogP contribution is 2.37. The van der Waals surface area contributed by atoms with E-state index < -0.39 is 10.0 Å². The molecule has 0 aliphatic carbocycles. The lowest BCUT2D eigenvalue weighted by Crippen LogP contribution is -2.19. The summed E-state index contributed by atoms with van der Waals surface area (Å²) in [5.41, 5.74) is 2.43. The lowest BCUT2D eigenvalue weighted by molar-refractivity contribution is 0.103. The average molecular weight is 568 g/mol. The maximum atomic E-state index is 13.1. The Balaban J connectivity index is 1.62. The molecule has 0 atom stereocenters. The Hall–Kier alpha value is -2.29. The minimum atomic E-state index is -3.49. The molecule has 0 saturated carbocycles. The first kappa shape index (κ1) is 25.8. The van der Waals surface area contributed by atoms with Crippen LogP contribution in [0.5, 0.6) is 0 Å². The van der Waals surface area contributed by atoms with Crippen molar-refractivity contribution in [1.82, 2.24) is 0 Å². The molecule has 0 saturated heterocycles. The number of benzene rings is 3. The largest absolute Gasteiger partial charge is 0.321 e. The molecule has 5 nitrogen and oxygen atoms in total. The van der Waals surface area contributed by atoms with Gasteiger partial charge in [-0.25, -0.2) is 8.42 Å². The van der Waals surface area contributed by atoms with E-state index in [0.717, 1.165) is 22.1 Å². The van der Waals surface area contributed by atoms with Gasteiger partial charge in [0.2, 0.25) is 10.0 Å². The van der Waals surface area contributed by atoms with Crippen LogP contribution in [-0.2, 0) is 15.4 Å². The first-order valence-electron chi connectivity index (χ1n) is 10.4. The average Bonchev–Trinajstić information content (AvgIpc) is 3.15. The van der Waals surface area contributed by atoms with E-state index in [2.05, 4.69) is 23.9 Å². The molecule has 0 unspecified atom stereocenters. The quantitative estimate of drug-likeness (QED) is 0.249. The molecule has 10 heteroatoms. The molecule has 0 aliphatic heterocycles. The van der Waals surface area contributed by atoms with E-state index in [-0.39, 0.29) is 22.0 Å². The Bertz CT molecular complexity index is 1550. The normalized spacial score (nSPS) is 12.1. The summed E-state index contributed by atoms with van der Waals surface area (Å²) in [6, 6.07) is 18.0. The molecule has 2 N–H and O–H groups in total. The maximum Gasteiger partial charge on any atom is 0.265 e. The van der Waals surface area contributed by atoms with Gasteiger partial charge in [0.15, 0.2) is 0 Å². The van der Waals surface area contributed by atoms with Gasteiger partial charge in [0.05, 0.1) is 21.8 Å². The van der Waals surface area contributed by atoms with Gasteiger partial charge >= 0.3 is 0 Å². The number of sulfonamides is 1. The topological polar surface area (TPSA) is 75.3 Å². The molecule has 0 bridgehead atoms. The van der Waals surface area contributed by atoms with E-state index in [1.165, 1.54) is 11.3 Å². The number of amides is 1. The molecule has 0 fully saturated rings. The van der Waals surface area contributed by atoms with E-state index in [0.29, 0.717) is 26.0 Å². The molecule has 1 amide bonds. The second kappa shape index (κ2) is 9.64. The number of thiophene rings is 1. The molecule has 35 heavy (non-hydrogen) atoms. The third-order valence-corrected chi connectivity index (χ3v) is 8.04. The first-order valence-corrected chi connectivity index (χ1v) is 14.3. The summed E-state index contributed by atoms with van der Waals surface area (Å²) in [7, 11) is -3.49. The van der Waals surface area contributed by atoms with Crippen LogP contribution < -0.4 is 10.0 Å². The Labute approximate surface area is 223 Å². The van der Waals surface area contributed by atoms with Crippen LogP contribution in [0.4, 0.5) is 11.4 Å². The Morgan fingerprint density at radius 3 is 2.23 bits per heavy atom. The van der Waals surface area contributed by atoms with Crippen molar-refractivity contribution in [2.45, 2.75) is 19.3 Å². The smallest absolute Gasteiger partial charge is 0.265 e. The number of hydrogen-bond acceptors (Lipinski definition) is 4. The van der Waals surface area contributed by atoms with Crippen molar-refractivity contribution in [3.8, 4) is 0 Å². The summed E-state index contributed by atoms with van der Waals surface area (Å²) in [4.78, 5) is 13.5. The molecule has 0 spiro atoms. The predicted octanol–water partition coefficient (Wildman–Crippen LogP) is 7.81. The first-order chi connectivity index (χ1) is 16.3. The molecular weight excluding hydrogens is 547 g/mol. The highest BCUT2D eigenvalue weighted by Gasteiger charge is 2.24. The van der Waals surface area contributed by atoms with Gasteiger partial charge in [-0.3, -0.25) is 9.52 Å². The molecule has 182 valence electrons. The zero-order valence-corrected chi connectivity index (χ0v) is 22.8. The van der Waals surface area contributed by atoms with Crippen LogP contribution in [-0.4, -0.2) is 20.6 Å². The number of fused-ring (bicyclic) bond motifs is 1. The number of carbonyl (C=O) groups excluding carboxylic acids is 1. The van der Waals surface area contributed by atoms with Crippen LogP contribution in [0, 0.1) is 0 Å². The molecular formula is C25H21Cl3N2O3S2. The van der Waals surface area contributed by atoms with Crippen molar-refractivity contribution >= 4 is 83.5 Å². The van der Waals surface area contributed by atoms with Crippen molar-refractivity contribution in [2.75, 3.05) is 16.3 Å². The van der Waals surface area contributed by atoms with Crippen molar-refractivity contribution in [2.24, 2.45) is 0 Å². The molecule has 1 heterocycles. The third kappa shape index (κ3) is 5.93. The van der Waals surface area contributed by atoms with Gasteiger partial charge in [-0.2, -0.15) is 0 Å². The highest BCUT2D eigenvalue weighted by molar-refractivity contribution is 7.92. The summed E-state index contributed by atoms with van der Waals surface area (Å²) < 4.78 is 26.3. The lowest BCUT2D eigenvalue weighted by Gasteiger charge is -2.27. The minimum absolute atomic E-state index is 0.251. The number of carbonyl (C=O) groups is 1. The summed E-state index contributed by atoms with van der Waals surface area (Å²) >= 11 is 19.9. The second-order valence-corrected chi connectivity index (χ2v) is 12.8. The fourth-order valence-electron chi connectivity index (χ4n) is 3.70. The number of nitrogens with one attached hydrogen (secondary N) is 2. The fraction of sp³-hybridized carbons (Fsp3) is 0.160. The van der Waals surface area contributed by atoms with E-state index in [1.54, 1.807) is 24.3 Å². The fourth-order valence-corrected chi connectivity index (χ4v) is 5.94. The SMILES string of the molecule is CC(C)(c1ccc(Cl)cc1)c1cc(Cl)cc(NC(=O)c2cc3cc(NS(C)(=O)=O)c(Cl)cc3s2)c1. The number of hydrogen-bond donors (Lipinski definition) is 2. The molecule has 0 radical (unpaired) electrons. The van der Waals surface area contributed by atoms with Crippen molar-refractivity contribution in [1.29, 1.82) is 0 Å². The third-order valence-electron chi connectivity index (χ3n) is 5.57. The Kier molecular flexibility index (Phi) is 7.10. The standard InChI is InChI=1S/C25H21Cl3N2O3S2/c1-25(2,15-4-6-17(26)7-5-15)16-10-18(27)12-19(11-16)29-24(31)23-9-14-8-21(30-35(3,32)33)20(28)13-22(14)34-23/h4-13,30H,1-3H3,(H,29,31). The molecule has 4 rings (SSSR count). The molecule has 0 aliphatic rings. The Morgan fingerprint density at radius 2 is 1.57 bits per heavy atom. The van der Waals surface area contributed by atoms with E-state index in [9.17, 15) is 13.2 Å². The maximum absolute atomic E-state index is 13.1. The van der Waals surface area contributed by atoms with Gasteiger partial charge in [-0.15, -0.1) is 11.3 Å². The van der Waals surface area contributed by atoms with Crippen molar-refractivity contribution in [3.63, 3.8) is 0 Å². The molecule has 1 aromatic heterocycles. The second-order valence-electron chi connectivity index (χ2n) is 8.67. The van der Waals surface area contributed by atoms with Gasteiger partial charge in [-0.1, -0.05) is 60.8 Å². The summed E-state index contributed by atoms with van der Waals surface area (Å²) in [6.07, 6.45) is 1.05. The van der Waals surface area contributed by atoms with Crippen LogP contribution in [0.25, 0.3) is 10.1 Å². The van der Waals surface area contributed by atoms with Gasteiger partial charge < -0.3 is 5.32 Å². The van der Waals surface area contributed by atoms with Crippen LogP contribution in [0.15, 0.2) is 60.7 Å². The van der Waals surface area contributed by atoms with Crippen molar-refractivity contribution in [3.05, 3.63) is 91.7 Å². The number of halogens is 3. The Morgan fingerprint density at radius 1 is 0.886 bits per heavy atom. The van der Waals surface area contributed by atoms with Crippen LogP contribution >= 0.6 is 46.1 Å². The number of rotatable bonds is 6. The van der Waals surface area contributed by atoms with Crippen LogP contribution in [0.3, 0.4) is 0 Å². The highest BCUT2D eigenvalue weighted by atomic mass is 35.5. The zero-order valence-electron chi connectivity index (χ0n) is 18.9. The summed E-state index contributed by atoms with van der Waals surface area (Å²) in [6.45, 7) is 4.15. The van der Waals surface area contributed by atoms with Gasteiger partial charge in [0.1, 0.15) is 0 Å². The van der Waals surface area contributed by atoms with Crippen molar-refractivity contribution < 1.29 is 13.2 Å². The number of anilines is 2. The van der Waals surface area contributed by atoms with Gasteiger partial charge in [0.25, 0.3) is 5.91 Å². The molecule has 4 aromatic rings. The molecule has 3 aromatic carbocycles.